The summed E-state index contributed by atoms with van der Waals surface area (Å²) >= 11 is 0. The second-order valence-electron chi connectivity index (χ2n) is 7.62. The third-order valence-corrected chi connectivity index (χ3v) is 5.54. The van der Waals surface area contributed by atoms with Gasteiger partial charge >= 0.3 is 0 Å². The van der Waals surface area contributed by atoms with Crippen molar-refractivity contribution in [2.24, 2.45) is 0 Å². The summed E-state index contributed by atoms with van der Waals surface area (Å²) in [5.74, 6) is 2.81. The van der Waals surface area contributed by atoms with Crippen molar-refractivity contribution in [3.05, 3.63) is 47.4 Å². The van der Waals surface area contributed by atoms with Crippen LogP contribution in [0, 0.1) is 0 Å². The zero-order valence-corrected chi connectivity index (χ0v) is 17.8. The molecule has 1 aromatic carbocycles. The van der Waals surface area contributed by atoms with E-state index in [0.717, 1.165) is 49.7 Å². The molecule has 1 N–H and O–H groups in total. The Kier molecular flexibility index (Phi) is 7.04. The van der Waals surface area contributed by atoms with Gasteiger partial charge in [-0.25, -0.2) is 9.97 Å². The summed E-state index contributed by atoms with van der Waals surface area (Å²) in [4.78, 5) is 25.0. The summed E-state index contributed by atoms with van der Waals surface area (Å²) < 4.78 is 5.24. The summed E-state index contributed by atoms with van der Waals surface area (Å²) in [6.45, 7) is 5.02. The van der Waals surface area contributed by atoms with Gasteiger partial charge in [-0.2, -0.15) is 0 Å². The number of amides is 1. The van der Waals surface area contributed by atoms with Crippen LogP contribution < -0.4 is 10.1 Å². The summed E-state index contributed by atoms with van der Waals surface area (Å²) in [5, 5.41) is 3.12. The third-order valence-electron chi connectivity index (χ3n) is 5.54. The average Bonchev–Trinajstić information content (AvgIpc) is 2.74. The maximum absolute atomic E-state index is 11.6. The first-order valence-corrected chi connectivity index (χ1v) is 10.1. The van der Waals surface area contributed by atoms with Crippen LogP contribution in [0.2, 0.25) is 0 Å². The Morgan fingerprint density at radius 1 is 1.24 bits per heavy atom. The predicted octanol–water partition coefficient (Wildman–Crippen LogP) is 2.88. The van der Waals surface area contributed by atoms with Crippen molar-refractivity contribution in [3.63, 3.8) is 0 Å². The van der Waals surface area contributed by atoms with Crippen LogP contribution in [0.1, 0.15) is 42.8 Å². The van der Waals surface area contributed by atoms with E-state index in [9.17, 15) is 4.79 Å². The number of nitrogens with one attached hydrogen (secondary N) is 1. The Morgan fingerprint density at radius 2 is 1.93 bits per heavy atom. The molecular formula is C22H31N5O2. The SMILES string of the molecule is CNc1cc(C2CCN(Cc3ccc(OC)cc3)CC2)nc(CN(C)C(C)=O)n1. The highest BCUT2D eigenvalue weighted by atomic mass is 16.5. The molecule has 29 heavy (non-hydrogen) atoms. The molecule has 1 saturated heterocycles. The van der Waals surface area contributed by atoms with E-state index in [1.807, 2.05) is 25.2 Å². The number of hydrogen-bond donors (Lipinski definition) is 1. The zero-order chi connectivity index (χ0) is 20.8. The molecule has 1 fully saturated rings. The van der Waals surface area contributed by atoms with Crippen molar-refractivity contribution in [3.8, 4) is 5.75 Å². The lowest BCUT2D eigenvalue weighted by Gasteiger charge is -2.32. The molecule has 2 aromatic rings. The molecule has 1 aromatic heterocycles. The van der Waals surface area contributed by atoms with Crippen LogP contribution in [0.3, 0.4) is 0 Å². The molecule has 1 amide bonds. The van der Waals surface area contributed by atoms with Gasteiger partial charge in [-0.05, 0) is 43.6 Å². The van der Waals surface area contributed by atoms with E-state index >= 15 is 0 Å². The number of rotatable bonds is 7. The molecule has 0 spiro atoms. The van der Waals surface area contributed by atoms with E-state index in [0.29, 0.717) is 18.3 Å². The van der Waals surface area contributed by atoms with Gasteiger partial charge in [0.1, 0.15) is 17.4 Å². The van der Waals surface area contributed by atoms with Crippen LogP contribution in [0.5, 0.6) is 5.75 Å². The minimum absolute atomic E-state index is 0.0110. The summed E-state index contributed by atoms with van der Waals surface area (Å²) in [5.41, 5.74) is 2.37. The van der Waals surface area contributed by atoms with Gasteiger partial charge in [0.15, 0.2) is 0 Å². The summed E-state index contributed by atoms with van der Waals surface area (Å²) in [6.07, 6.45) is 2.14. The number of methoxy groups -OCH3 is 1. The normalized spacial score (nSPS) is 15.2. The molecular weight excluding hydrogens is 366 g/mol. The second-order valence-corrected chi connectivity index (χ2v) is 7.62. The minimum Gasteiger partial charge on any atom is -0.497 e. The molecule has 0 unspecified atom stereocenters. The van der Waals surface area contributed by atoms with Crippen molar-refractivity contribution >= 4 is 11.7 Å². The number of anilines is 1. The van der Waals surface area contributed by atoms with Crippen molar-refractivity contribution in [2.75, 3.05) is 39.6 Å². The molecule has 3 rings (SSSR count). The van der Waals surface area contributed by atoms with Gasteiger partial charge in [0, 0.05) is 45.2 Å². The Balaban J connectivity index is 1.62. The molecule has 1 aliphatic rings. The Morgan fingerprint density at radius 3 is 2.52 bits per heavy atom. The molecule has 7 nitrogen and oxygen atoms in total. The standard InChI is InChI=1S/C22H31N5O2/c1-16(28)26(3)15-22-24-20(13-21(23-2)25-22)18-9-11-27(12-10-18)14-17-5-7-19(29-4)8-6-17/h5-8,13,18H,9-12,14-15H2,1-4H3,(H,23,24,25). The fourth-order valence-corrected chi connectivity index (χ4v) is 3.63. The highest BCUT2D eigenvalue weighted by Crippen LogP contribution is 2.29. The molecule has 1 aliphatic heterocycles. The van der Waals surface area contributed by atoms with Crippen molar-refractivity contribution < 1.29 is 9.53 Å². The second kappa shape index (κ2) is 9.69. The van der Waals surface area contributed by atoms with E-state index in [1.165, 1.54) is 5.56 Å². The fraction of sp³-hybridized carbons (Fsp3) is 0.500. The number of benzene rings is 1. The fourth-order valence-electron chi connectivity index (χ4n) is 3.63. The van der Waals surface area contributed by atoms with Gasteiger partial charge in [-0.3, -0.25) is 9.69 Å². The number of aromatic nitrogens is 2. The Labute approximate surface area is 173 Å². The van der Waals surface area contributed by atoms with Gasteiger partial charge in [0.05, 0.1) is 13.7 Å². The van der Waals surface area contributed by atoms with Gasteiger partial charge in [-0.1, -0.05) is 12.1 Å². The monoisotopic (exact) mass is 397 g/mol. The average molecular weight is 398 g/mol. The Bertz CT molecular complexity index is 816. The maximum atomic E-state index is 11.6. The van der Waals surface area contributed by atoms with Crippen LogP contribution in [0.25, 0.3) is 0 Å². The first-order chi connectivity index (χ1) is 14.0. The third kappa shape index (κ3) is 5.67. The largest absolute Gasteiger partial charge is 0.497 e. The number of hydrogen-bond acceptors (Lipinski definition) is 6. The van der Waals surface area contributed by atoms with E-state index < -0.39 is 0 Å². The zero-order valence-electron chi connectivity index (χ0n) is 17.8. The lowest BCUT2D eigenvalue weighted by molar-refractivity contribution is -0.128. The van der Waals surface area contributed by atoms with E-state index in [-0.39, 0.29) is 5.91 Å². The number of carbonyl (C=O) groups excluding carboxylic acids is 1. The summed E-state index contributed by atoms with van der Waals surface area (Å²) in [7, 11) is 5.33. The quantitative estimate of drug-likeness (QED) is 0.775. The molecule has 156 valence electrons. The van der Waals surface area contributed by atoms with Crippen LogP contribution in [-0.4, -0.2) is 60.0 Å². The first-order valence-electron chi connectivity index (χ1n) is 10.1. The number of ether oxygens (including phenoxy) is 1. The van der Waals surface area contributed by atoms with Crippen molar-refractivity contribution in [1.82, 2.24) is 19.8 Å². The molecule has 7 heteroatoms. The number of likely N-dealkylation sites (tertiary alicyclic amines) is 1. The van der Waals surface area contributed by atoms with Crippen LogP contribution in [0.15, 0.2) is 30.3 Å². The van der Waals surface area contributed by atoms with Gasteiger partial charge < -0.3 is 15.0 Å². The van der Waals surface area contributed by atoms with Crippen LogP contribution in [0.4, 0.5) is 5.82 Å². The Hall–Kier alpha value is -2.67. The van der Waals surface area contributed by atoms with Gasteiger partial charge in [0.25, 0.3) is 0 Å². The number of piperidine rings is 1. The van der Waals surface area contributed by atoms with Crippen molar-refractivity contribution in [1.29, 1.82) is 0 Å². The molecule has 2 heterocycles. The molecule has 0 saturated carbocycles. The number of nitrogens with zero attached hydrogens (tertiary/aromatic N) is 4. The van der Waals surface area contributed by atoms with Crippen LogP contribution in [-0.2, 0) is 17.9 Å². The van der Waals surface area contributed by atoms with Gasteiger partial charge in [0.2, 0.25) is 5.91 Å². The highest BCUT2D eigenvalue weighted by molar-refractivity contribution is 5.72. The lowest BCUT2D eigenvalue weighted by Crippen LogP contribution is -2.33. The smallest absolute Gasteiger partial charge is 0.219 e. The summed E-state index contributed by atoms with van der Waals surface area (Å²) in [6, 6.07) is 10.3. The topological polar surface area (TPSA) is 70.6 Å². The maximum Gasteiger partial charge on any atom is 0.219 e. The molecule has 0 radical (unpaired) electrons. The van der Waals surface area contributed by atoms with E-state index in [1.54, 1.807) is 26.0 Å². The first kappa shape index (κ1) is 21.0. The predicted molar refractivity (Wildman–Crippen MR) is 114 cm³/mol. The number of carbonyl (C=O) groups is 1. The lowest BCUT2D eigenvalue weighted by atomic mass is 9.93. The highest BCUT2D eigenvalue weighted by Gasteiger charge is 2.23. The van der Waals surface area contributed by atoms with E-state index in [2.05, 4.69) is 27.3 Å². The van der Waals surface area contributed by atoms with Gasteiger partial charge in [-0.15, -0.1) is 0 Å². The van der Waals surface area contributed by atoms with E-state index in [4.69, 9.17) is 9.72 Å². The van der Waals surface area contributed by atoms with Crippen molar-refractivity contribution in [2.45, 2.75) is 38.8 Å². The molecule has 0 atom stereocenters. The molecule has 0 aliphatic carbocycles. The minimum atomic E-state index is 0.0110. The van der Waals surface area contributed by atoms with Crippen LogP contribution >= 0.6 is 0 Å². The molecule has 0 bridgehead atoms.